The number of amides is 2. The normalized spacial score (nSPS) is 20.0. The minimum Gasteiger partial charge on any atom is -0.493 e. The first-order chi connectivity index (χ1) is 15.4. The zero-order valence-corrected chi connectivity index (χ0v) is 18.5. The molecule has 1 aromatic heterocycles. The number of fused-ring (bicyclic) bond motifs is 4. The van der Waals surface area contributed by atoms with E-state index in [1.54, 1.807) is 11.1 Å². The molecule has 0 radical (unpaired) electrons. The smallest absolute Gasteiger partial charge is 0.266 e. The predicted octanol–water partition coefficient (Wildman–Crippen LogP) is 3.43. The maximum absolute atomic E-state index is 13.5. The maximum atomic E-state index is 13.5. The van der Waals surface area contributed by atoms with E-state index >= 15 is 0 Å². The summed E-state index contributed by atoms with van der Waals surface area (Å²) in [5.74, 6) is 0.413. The van der Waals surface area contributed by atoms with Crippen molar-refractivity contribution in [2.75, 3.05) is 13.2 Å². The number of carbonyl (C=O) groups excluding carboxylic acids is 2. The summed E-state index contributed by atoms with van der Waals surface area (Å²) in [5, 5.41) is 6.79. The van der Waals surface area contributed by atoms with Crippen LogP contribution in [-0.2, 0) is 21.5 Å². The van der Waals surface area contributed by atoms with Gasteiger partial charge in [0.1, 0.15) is 18.3 Å². The van der Waals surface area contributed by atoms with E-state index < -0.39 is 11.6 Å². The van der Waals surface area contributed by atoms with Crippen LogP contribution < -0.4 is 4.74 Å². The molecule has 0 aliphatic carbocycles. The lowest BCUT2D eigenvalue weighted by Gasteiger charge is -2.50. The Kier molecular flexibility index (Phi) is 4.77. The largest absolute Gasteiger partial charge is 0.493 e. The number of rotatable bonds is 4. The first-order valence-corrected chi connectivity index (χ1v) is 10.9. The van der Waals surface area contributed by atoms with E-state index in [0.29, 0.717) is 18.8 Å². The number of hydrazone groups is 1. The lowest BCUT2D eigenvalue weighted by Crippen LogP contribution is -2.66. The first kappa shape index (κ1) is 20.3. The van der Waals surface area contributed by atoms with Gasteiger partial charge in [0, 0.05) is 28.6 Å². The molecule has 32 heavy (non-hydrogen) atoms. The van der Waals surface area contributed by atoms with E-state index in [1.165, 1.54) is 5.01 Å². The molecule has 0 bridgehead atoms. The van der Waals surface area contributed by atoms with Crippen LogP contribution in [0.4, 0.5) is 0 Å². The van der Waals surface area contributed by atoms with Crippen molar-refractivity contribution in [3.63, 3.8) is 0 Å². The Balaban J connectivity index is 1.50. The highest BCUT2D eigenvalue weighted by molar-refractivity contribution is 5.98. The quantitative estimate of drug-likeness (QED) is 0.644. The number of H-pyrrole nitrogens is 1. The van der Waals surface area contributed by atoms with Crippen LogP contribution in [-0.4, -0.2) is 52.1 Å². The fourth-order valence-corrected chi connectivity index (χ4v) is 4.97. The molecule has 1 saturated heterocycles. The van der Waals surface area contributed by atoms with E-state index in [9.17, 15) is 9.59 Å². The predicted molar refractivity (Wildman–Crippen MR) is 123 cm³/mol. The van der Waals surface area contributed by atoms with Crippen LogP contribution in [0.3, 0.4) is 0 Å². The van der Waals surface area contributed by atoms with Crippen LogP contribution in [0.1, 0.15) is 37.6 Å². The van der Waals surface area contributed by atoms with Crippen molar-refractivity contribution in [2.45, 2.75) is 38.8 Å². The lowest BCUT2D eigenvalue weighted by molar-refractivity contribution is -0.163. The van der Waals surface area contributed by atoms with E-state index in [4.69, 9.17) is 4.74 Å². The summed E-state index contributed by atoms with van der Waals surface area (Å²) in [6.45, 7) is 6.36. The molecule has 1 N–H and O–H groups in total. The molecule has 3 heterocycles. The maximum Gasteiger partial charge on any atom is 0.266 e. The van der Waals surface area contributed by atoms with Crippen molar-refractivity contribution < 1.29 is 14.3 Å². The van der Waals surface area contributed by atoms with E-state index in [0.717, 1.165) is 27.7 Å². The highest BCUT2D eigenvalue weighted by atomic mass is 16.5. The minimum atomic E-state index is -0.624. The summed E-state index contributed by atoms with van der Waals surface area (Å²) >= 11 is 0. The molecule has 0 spiro atoms. The molecule has 2 amide bonds. The topological polar surface area (TPSA) is 78.0 Å². The Hall–Kier alpha value is -3.61. The Morgan fingerprint density at radius 1 is 1.16 bits per heavy atom. The molecule has 2 aromatic carbocycles. The van der Waals surface area contributed by atoms with Gasteiger partial charge in [-0.15, -0.1) is 0 Å². The lowest BCUT2D eigenvalue weighted by atomic mass is 9.82. The summed E-state index contributed by atoms with van der Waals surface area (Å²) in [6, 6.07) is 15.0. The van der Waals surface area contributed by atoms with Gasteiger partial charge in [0.05, 0.1) is 18.4 Å². The molecule has 5 rings (SSSR count). The van der Waals surface area contributed by atoms with Gasteiger partial charge in [-0.05, 0) is 44.5 Å². The molecule has 2 aliphatic rings. The molecular weight excluding hydrogens is 404 g/mol. The second-order valence-electron chi connectivity index (χ2n) is 8.68. The third-order valence-electron chi connectivity index (χ3n) is 6.39. The van der Waals surface area contributed by atoms with Crippen LogP contribution in [0.15, 0.2) is 53.6 Å². The number of benzene rings is 2. The van der Waals surface area contributed by atoms with Gasteiger partial charge >= 0.3 is 0 Å². The Bertz CT molecular complexity index is 1240. The van der Waals surface area contributed by atoms with Crippen molar-refractivity contribution in [2.24, 2.45) is 5.10 Å². The molecule has 3 aromatic rings. The number of piperazine rings is 1. The number of ether oxygens (including phenoxy) is 1. The van der Waals surface area contributed by atoms with Gasteiger partial charge < -0.3 is 14.6 Å². The van der Waals surface area contributed by atoms with Gasteiger partial charge in [-0.25, -0.2) is 5.01 Å². The summed E-state index contributed by atoms with van der Waals surface area (Å²) < 4.78 is 5.64. The number of para-hydroxylation sites is 2. The van der Waals surface area contributed by atoms with Crippen LogP contribution in [0.2, 0.25) is 0 Å². The number of nitrogens with one attached hydrogen (secondary N) is 1. The summed E-state index contributed by atoms with van der Waals surface area (Å²) in [7, 11) is 0. The van der Waals surface area contributed by atoms with Gasteiger partial charge in [0.15, 0.2) is 0 Å². The number of aromatic amines is 1. The zero-order chi connectivity index (χ0) is 22.5. The average molecular weight is 431 g/mol. The minimum absolute atomic E-state index is 0.0817. The number of nitrogens with zero attached hydrogens (tertiary/aromatic N) is 3. The zero-order valence-electron chi connectivity index (χ0n) is 18.5. The van der Waals surface area contributed by atoms with Crippen molar-refractivity contribution >= 4 is 28.9 Å². The molecule has 1 atom stereocenters. The molecule has 0 unspecified atom stereocenters. The molecular formula is C25H26N4O3. The Morgan fingerprint density at radius 2 is 1.91 bits per heavy atom. The van der Waals surface area contributed by atoms with Gasteiger partial charge in [0.25, 0.3) is 5.91 Å². The summed E-state index contributed by atoms with van der Waals surface area (Å²) in [6.07, 6.45) is 2.06. The second-order valence-corrected chi connectivity index (χ2v) is 8.68. The van der Waals surface area contributed by atoms with Gasteiger partial charge in [0.2, 0.25) is 5.91 Å². The monoisotopic (exact) mass is 430 g/mol. The third kappa shape index (κ3) is 3.07. The molecule has 7 heteroatoms. The number of hydrogen-bond donors (Lipinski definition) is 1. The summed E-state index contributed by atoms with van der Waals surface area (Å²) in [4.78, 5) is 31.9. The van der Waals surface area contributed by atoms with Crippen molar-refractivity contribution in [1.82, 2.24) is 14.9 Å². The molecule has 1 fully saturated rings. The number of aromatic nitrogens is 1. The van der Waals surface area contributed by atoms with Crippen LogP contribution in [0, 0.1) is 0 Å². The number of hydrogen-bond acceptors (Lipinski definition) is 4. The molecule has 164 valence electrons. The molecule has 7 nitrogen and oxygen atoms in total. The van der Waals surface area contributed by atoms with Crippen molar-refractivity contribution in [1.29, 1.82) is 0 Å². The Morgan fingerprint density at radius 3 is 2.72 bits per heavy atom. The van der Waals surface area contributed by atoms with E-state index in [-0.39, 0.29) is 18.4 Å². The van der Waals surface area contributed by atoms with Gasteiger partial charge in [-0.3, -0.25) is 9.59 Å². The molecule has 0 saturated carbocycles. The second kappa shape index (κ2) is 7.51. The SMILES string of the molecule is CCOc1ccccc1C=NN1CC(=O)N2[C@@H](Cc3c([nH]c4ccccc34)C2(C)C)C1=O. The first-order valence-electron chi connectivity index (χ1n) is 10.9. The van der Waals surface area contributed by atoms with E-state index in [2.05, 4.69) is 16.2 Å². The third-order valence-corrected chi connectivity index (χ3v) is 6.39. The van der Waals surface area contributed by atoms with Crippen molar-refractivity contribution in [3.05, 3.63) is 65.4 Å². The summed E-state index contributed by atoms with van der Waals surface area (Å²) in [5.41, 5.74) is 3.26. The van der Waals surface area contributed by atoms with E-state index in [1.807, 2.05) is 63.2 Å². The van der Waals surface area contributed by atoms with Crippen LogP contribution in [0.25, 0.3) is 10.9 Å². The fourth-order valence-electron chi connectivity index (χ4n) is 4.97. The standard InChI is InChI=1S/C25H26N4O3/c1-4-32-21-12-8-5-9-16(21)14-26-28-15-22(30)29-20(24(28)31)13-18-17-10-6-7-11-19(17)27-23(18)25(29,2)3/h5-12,14,20,27H,4,13,15H2,1-3H3/t20-/m0/s1. The molecule has 2 aliphatic heterocycles. The van der Waals surface area contributed by atoms with Gasteiger partial charge in [-0.2, -0.15) is 5.10 Å². The Labute approximate surface area is 186 Å². The highest BCUT2D eigenvalue weighted by Gasteiger charge is 2.51. The fraction of sp³-hybridized carbons (Fsp3) is 0.320. The van der Waals surface area contributed by atoms with Gasteiger partial charge in [-0.1, -0.05) is 30.3 Å². The van der Waals surface area contributed by atoms with Crippen molar-refractivity contribution in [3.8, 4) is 5.75 Å². The average Bonchev–Trinajstić information content (AvgIpc) is 3.16. The highest BCUT2D eigenvalue weighted by Crippen LogP contribution is 2.42. The van der Waals surface area contributed by atoms with Crippen LogP contribution >= 0.6 is 0 Å². The van der Waals surface area contributed by atoms with Crippen LogP contribution in [0.5, 0.6) is 5.75 Å². The number of carbonyl (C=O) groups is 2.